The number of carbonyl (C=O) groups is 2. The molecule has 1 aliphatic heterocycles. The summed E-state index contributed by atoms with van der Waals surface area (Å²) in [5.74, 6) is 0.00367. The van der Waals surface area contributed by atoms with Gasteiger partial charge in [-0.3, -0.25) is 14.9 Å². The van der Waals surface area contributed by atoms with Crippen LogP contribution < -0.4 is 15.4 Å². The van der Waals surface area contributed by atoms with Crippen LogP contribution in [0.1, 0.15) is 10.4 Å². The van der Waals surface area contributed by atoms with Gasteiger partial charge in [0.15, 0.2) is 11.7 Å². The Balaban J connectivity index is 1.55. The molecule has 31 heavy (non-hydrogen) atoms. The molecule has 2 amide bonds. The molecule has 0 atom stereocenters. The molecule has 2 N–H and O–H groups in total. The zero-order valence-electron chi connectivity index (χ0n) is 16.9. The highest BCUT2D eigenvalue weighted by molar-refractivity contribution is 7.80. The summed E-state index contributed by atoms with van der Waals surface area (Å²) in [5, 5.41) is 6.40. The number of carbonyl (C=O) groups excluding carboxylic acids is 2. The van der Waals surface area contributed by atoms with Gasteiger partial charge in [-0.25, -0.2) is 0 Å². The molecule has 0 radical (unpaired) electrons. The molecule has 0 spiro atoms. The van der Waals surface area contributed by atoms with E-state index in [0.29, 0.717) is 40.1 Å². The number of hydrogen-bond acceptors (Lipinski definition) is 5. The Morgan fingerprint density at radius 1 is 1.06 bits per heavy atom. The first-order valence-corrected chi connectivity index (χ1v) is 10.7. The number of hydrogen-bond donors (Lipinski definition) is 2. The van der Waals surface area contributed by atoms with Crippen molar-refractivity contribution in [3.8, 4) is 5.75 Å². The molecule has 3 rings (SSSR count). The number of rotatable bonds is 5. The maximum atomic E-state index is 12.8. The predicted octanol–water partition coefficient (Wildman–Crippen LogP) is 3.27. The third-order valence-electron chi connectivity index (χ3n) is 4.69. The van der Waals surface area contributed by atoms with Gasteiger partial charge in [0.05, 0.1) is 10.7 Å². The Morgan fingerprint density at radius 3 is 2.42 bits per heavy atom. The van der Waals surface area contributed by atoms with Crippen molar-refractivity contribution in [2.24, 2.45) is 0 Å². The van der Waals surface area contributed by atoms with Crippen LogP contribution in [0.5, 0.6) is 5.75 Å². The molecule has 164 valence electrons. The first kappa shape index (κ1) is 23.3. The van der Waals surface area contributed by atoms with Crippen LogP contribution in [0.3, 0.4) is 0 Å². The van der Waals surface area contributed by atoms with Crippen molar-refractivity contribution in [3.63, 3.8) is 0 Å². The third kappa shape index (κ3) is 6.80. The lowest BCUT2D eigenvalue weighted by atomic mass is 10.1. The normalized spacial score (nSPS) is 14.1. The minimum atomic E-state index is -0.437. The highest BCUT2D eigenvalue weighted by Gasteiger charge is 2.21. The number of amides is 2. The van der Waals surface area contributed by atoms with Gasteiger partial charge in [0, 0.05) is 36.8 Å². The van der Waals surface area contributed by atoms with Crippen molar-refractivity contribution in [1.29, 1.82) is 0 Å². The Kier molecular flexibility index (Phi) is 8.09. The van der Waals surface area contributed by atoms with Gasteiger partial charge in [0.1, 0.15) is 5.75 Å². The van der Waals surface area contributed by atoms with Gasteiger partial charge in [-0.05, 0) is 61.7 Å². The van der Waals surface area contributed by atoms with Crippen LogP contribution in [-0.2, 0) is 4.79 Å². The van der Waals surface area contributed by atoms with Crippen LogP contribution >= 0.6 is 35.4 Å². The zero-order chi connectivity index (χ0) is 22.4. The van der Waals surface area contributed by atoms with Crippen molar-refractivity contribution in [3.05, 3.63) is 58.1 Å². The first-order chi connectivity index (χ1) is 14.8. The van der Waals surface area contributed by atoms with E-state index in [-0.39, 0.29) is 17.6 Å². The zero-order valence-corrected chi connectivity index (χ0v) is 19.2. The van der Waals surface area contributed by atoms with Crippen LogP contribution in [0.25, 0.3) is 0 Å². The summed E-state index contributed by atoms with van der Waals surface area (Å²) in [6.07, 6.45) is 0. The van der Waals surface area contributed by atoms with Crippen LogP contribution in [-0.4, -0.2) is 66.6 Å². The maximum Gasteiger partial charge on any atom is 0.264 e. The lowest BCUT2D eigenvalue weighted by Crippen LogP contribution is -2.47. The summed E-state index contributed by atoms with van der Waals surface area (Å²) in [6.45, 7) is 2.78. The van der Waals surface area contributed by atoms with E-state index in [2.05, 4.69) is 15.5 Å². The molecule has 0 saturated carbocycles. The van der Waals surface area contributed by atoms with Gasteiger partial charge < -0.3 is 19.9 Å². The smallest absolute Gasteiger partial charge is 0.264 e. The average Bonchev–Trinajstić information content (AvgIpc) is 2.75. The van der Waals surface area contributed by atoms with Crippen LogP contribution in [0.4, 0.5) is 5.69 Å². The Labute approximate surface area is 196 Å². The van der Waals surface area contributed by atoms with Crippen molar-refractivity contribution >= 4 is 58.0 Å². The van der Waals surface area contributed by atoms with Gasteiger partial charge in [0.25, 0.3) is 11.8 Å². The van der Waals surface area contributed by atoms with Crippen LogP contribution in [0.2, 0.25) is 10.0 Å². The number of nitrogens with zero attached hydrogens (tertiary/aromatic N) is 2. The third-order valence-corrected chi connectivity index (χ3v) is 5.47. The van der Waals surface area contributed by atoms with E-state index in [1.54, 1.807) is 47.4 Å². The lowest BCUT2D eigenvalue weighted by Gasteiger charge is -2.32. The van der Waals surface area contributed by atoms with Crippen molar-refractivity contribution in [2.75, 3.05) is 45.2 Å². The SMILES string of the molecule is CN1CCN(C(=O)c2ccc(Cl)c(NC(=S)NC(=O)COc3ccc(Cl)cc3)c2)CC1. The summed E-state index contributed by atoms with van der Waals surface area (Å²) < 4.78 is 5.39. The number of ether oxygens (including phenoxy) is 1. The minimum Gasteiger partial charge on any atom is -0.484 e. The van der Waals surface area contributed by atoms with Gasteiger partial charge in [-0.1, -0.05) is 23.2 Å². The molecule has 1 saturated heterocycles. The van der Waals surface area contributed by atoms with Crippen LogP contribution in [0.15, 0.2) is 42.5 Å². The molecular formula is C21H22Cl2N4O3S. The minimum absolute atomic E-state index is 0.0517. The average molecular weight is 481 g/mol. The van der Waals surface area contributed by atoms with E-state index >= 15 is 0 Å². The second kappa shape index (κ2) is 10.8. The highest BCUT2D eigenvalue weighted by atomic mass is 35.5. The fourth-order valence-corrected chi connectivity index (χ4v) is 3.46. The molecule has 0 unspecified atom stereocenters. The number of benzene rings is 2. The fraction of sp³-hybridized carbons (Fsp3) is 0.286. The molecule has 2 aromatic carbocycles. The van der Waals surface area contributed by atoms with E-state index in [1.807, 2.05) is 7.05 Å². The Morgan fingerprint density at radius 2 is 1.74 bits per heavy atom. The number of piperazine rings is 1. The second-order valence-electron chi connectivity index (χ2n) is 7.03. The van der Waals surface area contributed by atoms with Gasteiger partial charge in [-0.15, -0.1) is 0 Å². The summed E-state index contributed by atoms with van der Waals surface area (Å²) in [4.78, 5) is 28.9. The summed E-state index contributed by atoms with van der Waals surface area (Å²) in [6, 6.07) is 11.6. The number of anilines is 1. The molecule has 7 nitrogen and oxygen atoms in total. The molecule has 0 aliphatic carbocycles. The Bertz CT molecular complexity index is 964. The quantitative estimate of drug-likeness (QED) is 0.639. The summed E-state index contributed by atoms with van der Waals surface area (Å²) >= 11 is 17.2. The maximum absolute atomic E-state index is 12.8. The first-order valence-electron chi connectivity index (χ1n) is 9.58. The standard InChI is InChI=1S/C21H22Cl2N4O3S/c1-26-8-10-27(11-9-26)20(29)14-2-7-17(23)18(12-14)24-21(31)25-19(28)13-30-16-5-3-15(22)4-6-16/h2-7,12H,8-11,13H2,1H3,(H2,24,25,28,31). The van der Waals surface area contributed by atoms with Crippen molar-refractivity contribution in [1.82, 2.24) is 15.1 Å². The van der Waals surface area contributed by atoms with E-state index < -0.39 is 5.91 Å². The predicted molar refractivity (Wildman–Crippen MR) is 126 cm³/mol. The molecule has 0 aromatic heterocycles. The lowest BCUT2D eigenvalue weighted by molar-refractivity contribution is -0.121. The number of halogens is 2. The van der Waals surface area contributed by atoms with E-state index in [4.69, 9.17) is 40.2 Å². The summed E-state index contributed by atoms with van der Waals surface area (Å²) in [5.41, 5.74) is 0.933. The van der Waals surface area contributed by atoms with Gasteiger partial charge >= 0.3 is 0 Å². The van der Waals surface area contributed by atoms with Crippen LogP contribution in [0, 0.1) is 0 Å². The monoisotopic (exact) mass is 480 g/mol. The molecule has 2 aromatic rings. The second-order valence-corrected chi connectivity index (χ2v) is 8.29. The largest absolute Gasteiger partial charge is 0.484 e. The van der Waals surface area contributed by atoms with Gasteiger partial charge in [0.2, 0.25) is 0 Å². The summed E-state index contributed by atoms with van der Waals surface area (Å²) in [7, 11) is 2.03. The van der Waals surface area contributed by atoms with E-state index in [1.165, 1.54) is 0 Å². The van der Waals surface area contributed by atoms with Crippen molar-refractivity contribution in [2.45, 2.75) is 0 Å². The van der Waals surface area contributed by atoms with E-state index in [0.717, 1.165) is 13.1 Å². The molecule has 0 bridgehead atoms. The van der Waals surface area contributed by atoms with Crippen molar-refractivity contribution < 1.29 is 14.3 Å². The fourth-order valence-electron chi connectivity index (χ4n) is 2.94. The number of nitrogens with one attached hydrogen (secondary N) is 2. The molecule has 1 aliphatic rings. The topological polar surface area (TPSA) is 73.9 Å². The van der Waals surface area contributed by atoms with E-state index in [9.17, 15) is 9.59 Å². The van der Waals surface area contributed by atoms with Gasteiger partial charge in [-0.2, -0.15) is 0 Å². The molecule has 1 fully saturated rings. The number of thiocarbonyl (C=S) groups is 1. The molecule has 10 heteroatoms. The highest BCUT2D eigenvalue weighted by Crippen LogP contribution is 2.24. The number of likely N-dealkylation sites (N-methyl/N-ethyl adjacent to an activating group) is 1. The molecule has 1 heterocycles. The molecular weight excluding hydrogens is 459 g/mol. The Hall–Kier alpha value is -2.39.